The maximum Gasteiger partial charge on any atom is 0.490 e. The van der Waals surface area contributed by atoms with Gasteiger partial charge in [-0.15, -0.1) is 0 Å². The summed E-state index contributed by atoms with van der Waals surface area (Å²) in [5.41, 5.74) is 0. The number of nitrogens with one attached hydrogen (secondary N) is 1. The maximum absolute atomic E-state index is 11.9. The molecule has 2 heterocycles. The molecule has 0 amide bonds. The number of carbonyl (C=O) groups is 2. The minimum atomic E-state index is -5.03. The molecule has 90 valence electrons. The van der Waals surface area contributed by atoms with Crippen LogP contribution in [-0.2, 0) is 14.3 Å². The second kappa shape index (κ2) is 3.34. The number of carbonyl (C=O) groups excluding carboxylic acids is 1. The number of ether oxygens (including phenoxy) is 1. The van der Waals surface area contributed by atoms with E-state index in [0.29, 0.717) is 6.42 Å². The van der Waals surface area contributed by atoms with Crippen LogP contribution in [0, 0.1) is 5.92 Å². The van der Waals surface area contributed by atoms with E-state index in [0.717, 1.165) is 0 Å². The van der Waals surface area contributed by atoms with Crippen molar-refractivity contribution in [1.82, 2.24) is 5.32 Å². The van der Waals surface area contributed by atoms with E-state index in [9.17, 15) is 22.8 Å². The molecule has 16 heavy (non-hydrogen) atoms. The van der Waals surface area contributed by atoms with Gasteiger partial charge in [0.2, 0.25) is 0 Å². The fraction of sp³-hybridized carbons (Fsp3) is 0.750. The zero-order chi connectivity index (χ0) is 12.1. The van der Waals surface area contributed by atoms with Crippen LogP contribution in [0.4, 0.5) is 13.2 Å². The van der Waals surface area contributed by atoms with Crippen molar-refractivity contribution in [3.05, 3.63) is 0 Å². The molecule has 8 heteroatoms. The Balaban J connectivity index is 1.96. The summed E-state index contributed by atoms with van der Waals surface area (Å²) >= 11 is 0. The molecule has 0 aromatic rings. The minimum absolute atomic E-state index is 0.423. The SMILES string of the molecule is O=C(O)C1NC2CC1C2OC(=O)C(F)(F)F. The van der Waals surface area contributed by atoms with Gasteiger partial charge in [-0.2, -0.15) is 13.2 Å². The topological polar surface area (TPSA) is 75.6 Å². The van der Waals surface area contributed by atoms with E-state index < -0.39 is 42.2 Å². The van der Waals surface area contributed by atoms with Crippen LogP contribution in [0.15, 0.2) is 0 Å². The van der Waals surface area contributed by atoms with Crippen molar-refractivity contribution in [3.8, 4) is 0 Å². The number of esters is 1. The minimum Gasteiger partial charge on any atom is -0.480 e. The maximum atomic E-state index is 11.9. The van der Waals surface area contributed by atoms with Gasteiger partial charge in [0.05, 0.1) is 0 Å². The standard InChI is InChI=1S/C8H8F3NO4/c9-8(10,11)7(15)16-5-2-1-3(5)12-4(2)6(13)14/h2-5,12H,1H2,(H,13,14). The lowest BCUT2D eigenvalue weighted by molar-refractivity contribution is -0.211. The first-order chi connectivity index (χ1) is 7.30. The number of rotatable bonds is 2. The Bertz CT molecular complexity index is 343. The summed E-state index contributed by atoms with van der Waals surface area (Å²) in [6, 6.07) is -1.39. The van der Waals surface area contributed by atoms with E-state index in [1.54, 1.807) is 0 Å². The van der Waals surface area contributed by atoms with Crippen LogP contribution < -0.4 is 5.32 Å². The Hall–Kier alpha value is -1.31. The highest BCUT2D eigenvalue weighted by atomic mass is 19.4. The molecule has 0 spiro atoms. The van der Waals surface area contributed by atoms with E-state index in [2.05, 4.69) is 10.1 Å². The molecule has 3 fully saturated rings. The quantitative estimate of drug-likeness (QED) is 0.658. The molecule has 4 unspecified atom stereocenters. The number of hydrogen-bond donors (Lipinski definition) is 2. The molecule has 1 saturated carbocycles. The summed E-state index contributed by atoms with van der Waals surface area (Å²) in [5.74, 6) is -3.97. The monoisotopic (exact) mass is 239 g/mol. The predicted molar refractivity (Wildman–Crippen MR) is 42.4 cm³/mol. The van der Waals surface area contributed by atoms with Crippen molar-refractivity contribution < 1.29 is 32.6 Å². The van der Waals surface area contributed by atoms with Gasteiger partial charge in [0.1, 0.15) is 12.1 Å². The molecule has 4 atom stereocenters. The average molecular weight is 239 g/mol. The lowest BCUT2D eigenvalue weighted by Crippen LogP contribution is -2.47. The van der Waals surface area contributed by atoms with Gasteiger partial charge in [-0.05, 0) is 6.42 Å². The highest BCUT2D eigenvalue weighted by Gasteiger charge is 2.59. The summed E-state index contributed by atoms with van der Waals surface area (Å²) in [4.78, 5) is 21.2. The number of aliphatic carboxylic acids is 1. The summed E-state index contributed by atoms with van der Waals surface area (Å²) in [5, 5.41) is 11.3. The van der Waals surface area contributed by atoms with Gasteiger partial charge >= 0.3 is 18.1 Å². The highest BCUT2D eigenvalue weighted by molar-refractivity contribution is 5.78. The summed E-state index contributed by atoms with van der Waals surface area (Å²) in [6.45, 7) is 0. The van der Waals surface area contributed by atoms with Crippen LogP contribution in [0.25, 0.3) is 0 Å². The van der Waals surface area contributed by atoms with Crippen molar-refractivity contribution in [2.75, 3.05) is 0 Å². The second-order valence-corrected chi connectivity index (χ2v) is 3.86. The molecule has 0 radical (unpaired) electrons. The van der Waals surface area contributed by atoms with Crippen LogP contribution >= 0.6 is 0 Å². The van der Waals surface area contributed by atoms with Gasteiger partial charge in [-0.3, -0.25) is 10.1 Å². The Labute approximate surface area is 87.6 Å². The lowest BCUT2D eigenvalue weighted by Gasteiger charge is -2.34. The summed E-state index contributed by atoms with van der Waals surface area (Å²) < 4.78 is 39.9. The Morgan fingerprint density at radius 3 is 2.44 bits per heavy atom. The van der Waals surface area contributed by atoms with Crippen molar-refractivity contribution >= 4 is 11.9 Å². The van der Waals surface area contributed by atoms with Gasteiger partial charge in [0, 0.05) is 12.0 Å². The molecule has 2 aliphatic heterocycles. The van der Waals surface area contributed by atoms with Gasteiger partial charge in [-0.1, -0.05) is 0 Å². The van der Waals surface area contributed by atoms with Gasteiger partial charge in [0.25, 0.3) is 0 Å². The van der Waals surface area contributed by atoms with E-state index >= 15 is 0 Å². The van der Waals surface area contributed by atoms with Crippen molar-refractivity contribution in [2.24, 2.45) is 5.92 Å². The second-order valence-electron chi connectivity index (χ2n) is 3.86. The van der Waals surface area contributed by atoms with Crippen LogP contribution in [0.5, 0.6) is 0 Å². The fourth-order valence-electron chi connectivity index (χ4n) is 2.12. The summed E-state index contributed by atoms with van der Waals surface area (Å²) in [7, 11) is 0. The summed E-state index contributed by atoms with van der Waals surface area (Å²) in [6.07, 6.45) is -5.59. The third-order valence-corrected chi connectivity index (χ3v) is 2.91. The largest absolute Gasteiger partial charge is 0.490 e. The Kier molecular flexibility index (Phi) is 2.33. The van der Waals surface area contributed by atoms with Gasteiger partial charge < -0.3 is 9.84 Å². The lowest BCUT2D eigenvalue weighted by atomic mass is 9.79. The van der Waals surface area contributed by atoms with E-state index in [-0.39, 0.29) is 0 Å². The molecule has 3 rings (SSSR count). The molecule has 0 aromatic carbocycles. The highest BCUT2D eigenvalue weighted by Crippen LogP contribution is 2.41. The third-order valence-electron chi connectivity index (χ3n) is 2.91. The van der Waals surface area contributed by atoms with Crippen LogP contribution in [0.1, 0.15) is 6.42 Å². The Morgan fingerprint density at radius 1 is 1.38 bits per heavy atom. The zero-order valence-electron chi connectivity index (χ0n) is 7.82. The molecular formula is C8H8F3NO4. The van der Waals surface area contributed by atoms with Crippen molar-refractivity contribution in [1.29, 1.82) is 0 Å². The van der Waals surface area contributed by atoms with Crippen molar-refractivity contribution in [3.63, 3.8) is 0 Å². The third kappa shape index (κ3) is 1.62. The molecule has 2 saturated heterocycles. The van der Waals surface area contributed by atoms with Gasteiger partial charge in [0.15, 0.2) is 0 Å². The molecule has 0 aromatic heterocycles. The molecule has 2 N–H and O–H groups in total. The number of hydrogen-bond acceptors (Lipinski definition) is 4. The first-order valence-electron chi connectivity index (χ1n) is 4.57. The molecular weight excluding hydrogens is 231 g/mol. The van der Waals surface area contributed by atoms with E-state index in [1.807, 2.05) is 0 Å². The number of alkyl halides is 3. The van der Waals surface area contributed by atoms with Gasteiger partial charge in [-0.25, -0.2) is 4.79 Å². The number of halogens is 3. The van der Waals surface area contributed by atoms with Crippen LogP contribution in [-0.4, -0.2) is 41.4 Å². The number of fused-ring (bicyclic) bond motifs is 1. The average Bonchev–Trinajstić information content (AvgIpc) is 2.68. The number of carboxylic acid groups (broad SMARTS) is 1. The molecule has 3 aliphatic rings. The Morgan fingerprint density at radius 2 is 2.00 bits per heavy atom. The van der Waals surface area contributed by atoms with Crippen molar-refractivity contribution in [2.45, 2.75) is 30.8 Å². The van der Waals surface area contributed by atoms with Crippen LogP contribution in [0.2, 0.25) is 0 Å². The smallest absolute Gasteiger partial charge is 0.480 e. The first-order valence-corrected chi connectivity index (χ1v) is 4.57. The van der Waals surface area contributed by atoms with Crippen LogP contribution in [0.3, 0.4) is 0 Å². The first kappa shape index (κ1) is 11.2. The number of carboxylic acids is 1. The predicted octanol–water partition coefficient (Wildman–Crippen LogP) is -0.0946. The normalized spacial score (nSPS) is 36.7. The fourth-order valence-corrected chi connectivity index (χ4v) is 2.12. The molecule has 2 bridgehead atoms. The molecule has 1 aliphatic carbocycles. The molecule has 5 nitrogen and oxygen atoms in total. The zero-order valence-corrected chi connectivity index (χ0v) is 7.82. The van der Waals surface area contributed by atoms with E-state index in [4.69, 9.17) is 5.11 Å². The van der Waals surface area contributed by atoms with E-state index in [1.165, 1.54) is 0 Å².